The second-order valence-electron chi connectivity index (χ2n) is 6.94. The van der Waals surface area contributed by atoms with Gasteiger partial charge < -0.3 is 14.6 Å². The minimum absolute atomic E-state index is 0.0442. The second kappa shape index (κ2) is 8.49. The third kappa shape index (κ3) is 5.21. The van der Waals surface area contributed by atoms with E-state index in [0.29, 0.717) is 19.6 Å². The van der Waals surface area contributed by atoms with Crippen molar-refractivity contribution in [3.8, 4) is 0 Å². The predicted molar refractivity (Wildman–Crippen MR) is 92.7 cm³/mol. The number of ether oxygens (including phenoxy) is 2. The fraction of sp³-hybridized carbons (Fsp3) is 0.632. The summed E-state index contributed by atoms with van der Waals surface area (Å²) in [4.78, 5) is 14.1. The number of rotatable bonds is 7. The van der Waals surface area contributed by atoms with Gasteiger partial charge in [-0.3, -0.25) is 4.90 Å². The van der Waals surface area contributed by atoms with Crippen molar-refractivity contribution >= 4 is 6.09 Å². The molecular weight excluding hydrogens is 306 g/mol. The van der Waals surface area contributed by atoms with Crippen molar-refractivity contribution in [2.75, 3.05) is 13.2 Å². The topological polar surface area (TPSA) is 59.0 Å². The summed E-state index contributed by atoms with van der Waals surface area (Å²) < 4.78 is 11.3. The molecule has 24 heavy (non-hydrogen) atoms. The van der Waals surface area contributed by atoms with Crippen molar-refractivity contribution < 1.29 is 19.4 Å². The lowest BCUT2D eigenvalue weighted by Gasteiger charge is -2.32. The van der Waals surface area contributed by atoms with Gasteiger partial charge >= 0.3 is 6.09 Å². The first kappa shape index (κ1) is 18.7. The molecule has 0 spiro atoms. The number of benzene rings is 1. The van der Waals surface area contributed by atoms with Crippen LogP contribution in [0.4, 0.5) is 4.79 Å². The summed E-state index contributed by atoms with van der Waals surface area (Å²) in [5, 5.41) is 10.4. The van der Waals surface area contributed by atoms with Crippen LogP contribution < -0.4 is 0 Å². The Kier molecular flexibility index (Phi) is 6.63. The molecule has 1 amide bonds. The van der Waals surface area contributed by atoms with Crippen LogP contribution >= 0.6 is 0 Å². The molecule has 0 bridgehead atoms. The van der Waals surface area contributed by atoms with E-state index in [1.165, 1.54) is 0 Å². The number of unbranched alkanes of at least 4 members (excludes halogenated alkanes) is 1. The molecule has 5 heteroatoms. The maximum absolute atomic E-state index is 12.5. The Labute approximate surface area is 144 Å². The SMILES string of the molecule is CCCCO[C@@H]1C[C@@H](C(C)(C)O)N(C(=O)OCc2ccccc2)C1. The average Bonchev–Trinajstić information content (AvgIpc) is 2.98. The molecule has 1 N–H and O–H groups in total. The number of hydrogen-bond acceptors (Lipinski definition) is 4. The maximum Gasteiger partial charge on any atom is 0.410 e. The molecular formula is C19H29NO4. The Balaban J connectivity index is 1.95. The molecule has 1 aromatic rings. The lowest BCUT2D eigenvalue weighted by Crippen LogP contribution is -2.48. The number of nitrogens with zero attached hydrogens (tertiary/aromatic N) is 1. The zero-order valence-electron chi connectivity index (χ0n) is 14.9. The second-order valence-corrected chi connectivity index (χ2v) is 6.94. The molecule has 0 saturated carbocycles. The zero-order chi connectivity index (χ0) is 17.6. The van der Waals surface area contributed by atoms with Gasteiger partial charge in [-0.2, -0.15) is 0 Å². The highest BCUT2D eigenvalue weighted by molar-refractivity contribution is 5.68. The number of hydrogen-bond donors (Lipinski definition) is 1. The number of carbonyl (C=O) groups excluding carboxylic acids is 1. The molecule has 0 radical (unpaired) electrons. The summed E-state index contributed by atoms with van der Waals surface area (Å²) in [5.41, 5.74) is -0.0464. The van der Waals surface area contributed by atoms with Gasteiger partial charge in [0.2, 0.25) is 0 Å². The van der Waals surface area contributed by atoms with Crippen LogP contribution in [-0.4, -0.2) is 47.0 Å². The fourth-order valence-corrected chi connectivity index (χ4v) is 2.99. The fourth-order valence-electron chi connectivity index (χ4n) is 2.99. The van der Waals surface area contributed by atoms with Crippen LogP contribution in [0.1, 0.15) is 45.6 Å². The first-order valence-corrected chi connectivity index (χ1v) is 8.73. The molecule has 1 saturated heterocycles. The van der Waals surface area contributed by atoms with Gasteiger partial charge in [0.15, 0.2) is 0 Å². The third-order valence-corrected chi connectivity index (χ3v) is 4.37. The van der Waals surface area contributed by atoms with Crippen molar-refractivity contribution in [3.05, 3.63) is 35.9 Å². The van der Waals surface area contributed by atoms with Gasteiger partial charge in [0.05, 0.1) is 24.3 Å². The van der Waals surface area contributed by atoms with E-state index in [1.54, 1.807) is 18.7 Å². The Morgan fingerprint density at radius 3 is 2.67 bits per heavy atom. The van der Waals surface area contributed by atoms with E-state index in [1.807, 2.05) is 30.3 Å². The van der Waals surface area contributed by atoms with Crippen molar-refractivity contribution in [3.63, 3.8) is 0 Å². The van der Waals surface area contributed by atoms with E-state index < -0.39 is 11.7 Å². The summed E-state index contributed by atoms with van der Waals surface area (Å²) in [6, 6.07) is 9.29. The molecule has 2 atom stereocenters. The Morgan fingerprint density at radius 1 is 1.33 bits per heavy atom. The molecule has 0 aliphatic carbocycles. The molecule has 0 unspecified atom stereocenters. The summed E-state index contributed by atoms with van der Waals surface area (Å²) in [6.07, 6.45) is 2.27. The van der Waals surface area contributed by atoms with E-state index in [2.05, 4.69) is 6.92 Å². The summed E-state index contributed by atoms with van der Waals surface area (Å²) >= 11 is 0. The molecule has 1 aliphatic heterocycles. The largest absolute Gasteiger partial charge is 0.445 e. The highest BCUT2D eigenvalue weighted by Gasteiger charge is 2.44. The van der Waals surface area contributed by atoms with Gasteiger partial charge in [0.1, 0.15) is 6.61 Å². The molecule has 0 aromatic heterocycles. The lowest BCUT2D eigenvalue weighted by atomic mass is 9.96. The predicted octanol–water partition coefficient (Wildman–Crippen LogP) is 3.35. The average molecular weight is 335 g/mol. The Bertz CT molecular complexity index is 512. The van der Waals surface area contributed by atoms with Crippen molar-refractivity contribution in [2.24, 2.45) is 0 Å². The molecule has 134 valence electrons. The molecule has 1 aromatic carbocycles. The van der Waals surface area contributed by atoms with Crippen molar-refractivity contribution in [1.29, 1.82) is 0 Å². The van der Waals surface area contributed by atoms with E-state index >= 15 is 0 Å². The quantitative estimate of drug-likeness (QED) is 0.776. The van der Waals surface area contributed by atoms with Crippen molar-refractivity contribution in [2.45, 2.75) is 64.4 Å². The van der Waals surface area contributed by atoms with Crippen LogP contribution in [0.5, 0.6) is 0 Å². The van der Waals surface area contributed by atoms with E-state index in [4.69, 9.17) is 9.47 Å². The molecule has 2 rings (SSSR count). The van der Waals surface area contributed by atoms with Gasteiger partial charge in [-0.15, -0.1) is 0 Å². The Morgan fingerprint density at radius 2 is 2.04 bits per heavy atom. The van der Waals surface area contributed by atoms with Crippen LogP contribution in [0.2, 0.25) is 0 Å². The lowest BCUT2D eigenvalue weighted by molar-refractivity contribution is -0.00619. The van der Waals surface area contributed by atoms with Crippen LogP contribution in [0.25, 0.3) is 0 Å². The summed E-state index contributed by atoms with van der Waals surface area (Å²) in [5.74, 6) is 0. The molecule has 1 fully saturated rings. The first-order chi connectivity index (χ1) is 11.4. The molecule has 5 nitrogen and oxygen atoms in total. The van der Waals surface area contributed by atoms with Gasteiger partial charge in [-0.25, -0.2) is 4.79 Å². The van der Waals surface area contributed by atoms with Crippen LogP contribution in [0.15, 0.2) is 30.3 Å². The van der Waals surface area contributed by atoms with Crippen molar-refractivity contribution in [1.82, 2.24) is 4.90 Å². The first-order valence-electron chi connectivity index (χ1n) is 8.73. The number of likely N-dealkylation sites (tertiary alicyclic amines) is 1. The van der Waals surface area contributed by atoms with Gasteiger partial charge in [-0.05, 0) is 32.3 Å². The highest BCUT2D eigenvalue weighted by Crippen LogP contribution is 2.29. The van der Waals surface area contributed by atoms with Gasteiger partial charge in [0, 0.05) is 6.61 Å². The maximum atomic E-state index is 12.5. The zero-order valence-corrected chi connectivity index (χ0v) is 14.9. The summed E-state index contributed by atoms with van der Waals surface area (Å²) in [7, 11) is 0. The summed E-state index contributed by atoms with van der Waals surface area (Å²) in [6.45, 7) is 6.95. The van der Waals surface area contributed by atoms with E-state index in [9.17, 15) is 9.90 Å². The standard InChI is InChI=1S/C19H29NO4/c1-4-5-11-23-16-12-17(19(2,3)22)20(13-16)18(21)24-14-15-9-7-6-8-10-15/h6-10,16-17,22H,4-5,11-14H2,1-3H3/t16-,17+/m1/s1. The van der Waals surface area contributed by atoms with E-state index in [-0.39, 0.29) is 18.8 Å². The number of aliphatic hydroxyl groups is 1. The minimum Gasteiger partial charge on any atom is -0.445 e. The number of amides is 1. The van der Waals surface area contributed by atoms with Crippen LogP contribution in [0.3, 0.4) is 0 Å². The smallest absolute Gasteiger partial charge is 0.410 e. The van der Waals surface area contributed by atoms with E-state index in [0.717, 1.165) is 18.4 Å². The monoisotopic (exact) mass is 335 g/mol. The third-order valence-electron chi connectivity index (χ3n) is 4.37. The Hall–Kier alpha value is -1.59. The minimum atomic E-state index is -0.991. The molecule has 1 heterocycles. The number of carbonyl (C=O) groups is 1. The van der Waals surface area contributed by atoms with Crippen LogP contribution in [-0.2, 0) is 16.1 Å². The van der Waals surface area contributed by atoms with Gasteiger partial charge in [0.25, 0.3) is 0 Å². The van der Waals surface area contributed by atoms with Gasteiger partial charge in [-0.1, -0.05) is 43.7 Å². The highest BCUT2D eigenvalue weighted by atomic mass is 16.6. The van der Waals surface area contributed by atoms with Crippen LogP contribution in [0, 0.1) is 0 Å². The normalized spacial score (nSPS) is 21.1. The molecule has 1 aliphatic rings.